The molecule has 0 radical (unpaired) electrons. The summed E-state index contributed by atoms with van der Waals surface area (Å²) in [5.74, 6) is 0. The Morgan fingerprint density at radius 1 is 0.963 bits per heavy atom. The molecule has 0 amide bonds. The van der Waals surface area contributed by atoms with Crippen LogP contribution in [0.25, 0.3) is 20.8 Å². The second kappa shape index (κ2) is 7.63. The van der Waals surface area contributed by atoms with Crippen LogP contribution in [0.2, 0.25) is 0 Å². The fourth-order valence-corrected chi connectivity index (χ4v) is 3.72. The number of rotatable bonds is 6. The van der Waals surface area contributed by atoms with Gasteiger partial charge in [0, 0.05) is 49.1 Å². The largest absolute Gasteiger partial charge is 0.378 e. The number of anilines is 3. The number of pyridine rings is 1. The summed E-state index contributed by atoms with van der Waals surface area (Å²) >= 11 is 1.66. The molecule has 0 saturated carbocycles. The number of thiazole rings is 1. The lowest BCUT2D eigenvalue weighted by atomic mass is 10.2. The quantitative estimate of drug-likeness (QED) is 0.469. The average molecular weight is 376 g/mol. The van der Waals surface area contributed by atoms with Crippen molar-refractivity contribution in [2.75, 3.05) is 36.3 Å². The molecular formula is C21H21N5S. The van der Waals surface area contributed by atoms with Gasteiger partial charge in [-0.05, 0) is 42.5 Å². The molecule has 136 valence electrons. The summed E-state index contributed by atoms with van der Waals surface area (Å²) in [6, 6.07) is 18.7. The van der Waals surface area contributed by atoms with E-state index in [0.717, 1.165) is 32.2 Å². The van der Waals surface area contributed by atoms with E-state index in [-0.39, 0.29) is 0 Å². The monoisotopic (exact) mass is 375 g/mol. The molecule has 0 atom stereocenters. The van der Waals surface area contributed by atoms with Crippen LogP contribution in [0.15, 0.2) is 67.0 Å². The first kappa shape index (κ1) is 17.3. The summed E-state index contributed by atoms with van der Waals surface area (Å²) in [7, 11) is 4.08. The molecule has 0 unspecified atom stereocenters. The summed E-state index contributed by atoms with van der Waals surface area (Å²) in [4.78, 5) is 11.0. The highest BCUT2D eigenvalue weighted by Gasteiger charge is 2.06. The van der Waals surface area contributed by atoms with E-state index in [1.807, 2.05) is 32.4 Å². The Hall–Kier alpha value is -3.12. The van der Waals surface area contributed by atoms with Gasteiger partial charge in [-0.3, -0.25) is 4.98 Å². The van der Waals surface area contributed by atoms with E-state index in [4.69, 9.17) is 4.98 Å². The van der Waals surface area contributed by atoms with E-state index in [1.165, 1.54) is 5.69 Å². The standard InChI is InChI=1S/C21H21N5S/c1-26(2)18-8-6-16(7-9-18)23-14-24-17-5-3-4-15(12-17)21-25-19-10-11-22-13-20(19)27-21/h3-13,23-24H,14H2,1-2H3. The smallest absolute Gasteiger partial charge is 0.124 e. The molecule has 27 heavy (non-hydrogen) atoms. The maximum Gasteiger partial charge on any atom is 0.124 e. The van der Waals surface area contributed by atoms with Crippen LogP contribution >= 0.6 is 11.3 Å². The minimum Gasteiger partial charge on any atom is -0.378 e. The zero-order chi connectivity index (χ0) is 18.6. The molecule has 0 fully saturated rings. The van der Waals surface area contributed by atoms with Crippen molar-refractivity contribution in [3.05, 3.63) is 67.0 Å². The van der Waals surface area contributed by atoms with Crippen molar-refractivity contribution in [1.82, 2.24) is 9.97 Å². The number of nitrogens with one attached hydrogen (secondary N) is 2. The van der Waals surface area contributed by atoms with Gasteiger partial charge in [-0.2, -0.15) is 0 Å². The molecular weight excluding hydrogens is 354 g/mol. The van der Waals surface area contributed by atoms with Gasteiger partial charge in [0.1, 0.15) is 5.01 Å². The number of benzene rings is 2. The second-order valence-corrected chi connectivity index (χ2v) is 7.45. The van der Waals surface area contributed by atoms with Crippen molar-refractivity contribution in [2.24, 2.45) is 0 Å². The number of aromatic nitrogens is 2. The van der Waals surface area contributed by atoms with Crippen molar-refractivity contribution in [3.63, 3.8) is 0 Å². The van der Waals surface area contributed by atoms with Crippen molar-refractivity contribution < 1.29 is 0 Å². The SMILES string of the molecule is CN(C)c1ccc(NCNc2cccc(-c3nc4ccncc4s3)c2)cc1. The minimum atomic E-state index is 0.647. The number of fused-ring (bicyclic) bond motifs is 1. The average Bonchev–Trinajstić information content (AvgIpc) is 3.13. The third-order valence-electron chi connectivity index (χ3n) is 4.27. The highest BCUT2D eigenvalue weighted by Crippen LogP contribution is 2.30. The molecule has 0 aliphatic heterocycles. The van der Waals surface area contributed by atoms with Gasteiger partial charge >= 0.3 is 0 Å². The van der Waals surface area contributed by atoms with Crippen LogP contribution in [0.5, 0.6) is 0 Å². The van der Waals surface area contributed by atoms with E-state index in [2.05, 4.69) is 63.0 Å². The maximum absolute atomic E-state index is 4.71. The molecule has 0 bridgehead atoms. The molecule has 4 rings (SSSR count). The predicted octanol–water partition coefficient (Wildman–Crippen LogP) is 4.91. The number of nitrogens with zero attached hydrogens (tertiary/aromatic N) is 3. The highest BCUT2D eigenvalue weighted by molar-refractivity contribution is 7.21. The topological polar surface area (TPSA) is 53.1 Å². The molecule has 0 aliphatic rings. The first-order chi connectivity index (χ1) is 13.2. The van der Waals surface area contributed by atoms with E-state index < -0.39 is 0 Å². The van der Waals surface area contributed by atoms with Crippen LogP contribution < -0.4 is 15.5 Å². The first-order valence-corrected chi connectivity index (χ1v) is 9.57. The van der Waals surface area contributed by atoms with Gasteiger partial charge in [-0.15, -0.1) is 11.3 Å². The van der Waals surface area contributed by atoms with Crippen LogP contribution in [-0.2, 0) is 0 Å². The number of hydrogen-bond acceptors (Lipinski definition) is 6. The normalized spacial score (nSPS) is 10.7. The molecule has 0 aliphatic carbocycles. The van der Waals surface area contributed by atoms with Crippen molar-refractivity contribution in [1.29, 1.82) is 0 Å². The van der Waals surface area contributed by atoms with Gasteiger partial charge in [0.15, 0.2) is 0 Å². The Morgan fingerprint density at radius 2 is 1.78 bits per heavy atom. The lowest BCUT2D eigenvalue weighted by Gasteiger charge is -2.14. The molecule has 2 aromatic carbocycles. The molecule has 4 aromatic rings. The molecule has 6 heteroatoms. The Kier molecular flexibility index (Phi) is 4.89. The Morgan fingerprint density at radius 3 is 2.56 bits per heavy atom. The zero-order valence-electron chi connectivity index (χ0n) is 15.3. The van der Waals surface area contributed by atoms with Crippen molar-refractivity contribution in [3.8, 4) is 10.6 Å². The fourth-order valence-electron chi connectivity index (χ4n) is 2.79. The van der Waals surface area contributed by atoms with Gasteiger partial charge in [0.05, 0.1) is 16.9 Å². The van der Waals surface area contributed by atoms with Crippen LogP contribution in [-0.4, -0.2) is 30.7 Å². The van der Waals surface area contributed by atoms with Gasteiger partial charge in [-0.1, -0.05) is 12.1 Å². The molecule has 2 heterocycles. The van der Waals surface area contributed by atoms with E-state index in [0.29, 0.717) is 6.67 Å². The van der Waals surface area contributed by atoms with E-state index in [9.17, 15) is 0 Å². The van der Waals surface area contributed by atoms with Gasteiger partial charge in [0.2, 0.25) is 0 Å². The lowest BCUT2D eigenvalue weighted by molar-refractivity contribution is 1.13. The summed E-state index contributed by atoms with van der Waals surface area (Å²) in [5.41, 5.74) is 5.43. The van der Waals surface area contributed by atoms with E-state index >= 15 is 0 Å². The Bertz CT molecular complexity index is 1010. The summed E-state index contributed by atoms with van der Waals surface area (Å²) < 4.78 is 1.11. The molecule has 5 nitrogen and oxygen atoms in total. The van der Waals surface area contributed by atoms with Gasteiger partial charge in [-0.25, -0.2) is 4.98 Å². The fraction of sp³-hybridized carbons (Fsp3) is 0.143. The zero-order valence-corrected chi connectivity index (χ0v) is 16.1. The van der Waals surface area contributed by atoms with Crippen LogP contribution in [0.4, 0.5) is 17.1 Å². The van der Waals surface area contributed by atoms with Crippen molar-refractivity contribution in [2.45, 2.75) is 0 Å². The summed E-state index contributed by atoms with van der Waals surface area (Å²) in [6.07, 6.45) is 3.64. The van der Waals surface area contributed by atoms with Gasteiger partial charge < -0.3 is 15.5 Å². The molecule has 2 N–H and O–H groups in total. The lowest BCUT2D eigenvalue weighted by Crippen LogP contribution is -2.12. The predicted molar refractivity (Wildman–Crippen MR) is 116 cm³/mol. The second-order valence-electron chi connectivity index (χ2n) is 6.41. The van der Waals surface area contributed by atoms with Gasteiger partial charge in [0.25, 0.3) is 0 Å². The van der Waals surface area contributed by atoms with Crippen LogP contribution in [0.1, 0.15) is 0 Å². The van der Waals surface area contributed by atoms with E-state index in [1.54, 1.807) is 17.5 Å². The Balaban J connectivity index is 1.42. The van der Waals surface area contributed by atoms with Crippen LogP contribution in [0.3, 0.4) is 0 Å². The third-order valence-corrected chi connectivity index (χ3v) is 5.32. The summed E-state index contributed by atoms with van der Waals surface area (Å²) in [6.45, 7) is 0.647. The highest BCUT2D eigenvalue weighted by atomic mass is 32.1. The number of hydrogen-bond donors (Lipinski definition) is 2. The summed E-state index contributed by atoms with van der Waals surface area (Å²) in [5, 5.41) is 7.81. The first-order valence-electron chi connectivity index (χ1n) is 8.75. The Labute approximate surface area is 162 Å². The van der Waals surface area contributed by atoms with Crippen molar-refractivity contribution >= 4 is 38.6 Å². The molecule has 0 saturated heterocycles. The molecule has 2 aromatic heterocycles. The third kappa shape index (κ3) is 4.01. The molecule has 0 spiro atoms. The maximum atomic E-state index is 4.71. The van der Waals surface area contributed by atoms with Crippen LogP contribution in [0, 0.1) is 0 Å². The minimum absolute atomic E-state index is 0.647.